The monoisotopic (exact) mass is 559 g/mol. The van der Waals surface area contributed by atoms with Gasteiger partial charge in [-0.05, 0) is 48.5 Å². The molecule has 208 valence electrons. The van der Waals surface area contributed by atoms with Crippen LogP contribution < -0.4 is 9.33 Å². The van der Waals surface area contributed by atoms with Crippen molar-refractivity contribution in [1.29, 1.82) is 0 Å². The molecule has 9 heteroatoms. The Kier molecular flexibility index (Phi) is 6.25. The van der Waals surface area contributed by atoms with Gasteiger partial charge in [0.15, 0.2) is 0 Å². The number of carbonyl (C=O) groups excluding carboxylic acids is 1. The molecular formula is C31H33NO7Si. The molecule has 0 aromatic heterocycles. The first-order valence-electron chi connectivity index (χ1n) is 13.2. The Morgan fingerprint density at radius 2 is 1.90 bits per heavy atom. The topological polar surface area (TPSA) is 109 Å². The molecule has 1 aromatic carbocycles. The van der Waals surface area contributed by atoms with Crippen LogP contribution in [0.1, 0.15) is 33.3 Å². The number of allylic oxidation sites excluding steroid dienone is 2. The fourth-order valence-corrected chi connectivity index (χ4v) is 6.91. The number of nitrogens with zero attached hydrogens (tertiary/aromatic N) is 1. The maximum atomic E-state index is 13.6. The first-order chi connectivity index (χ1) is 18.7. The van der Waals surface area contributed by atoms with Crippen LogP contribution in [-0.4, -0.2) is 48.8 Å². The lowest BCUT2D eigenvalue weighted by atomic mass is 9.59. The maximum absolute atomic E-state index is 13.6. The molecule has 40 heavy (non-hydrogen) atoms. The zero-order chi connectivity index (χ0) is 29.3. The second-order valence-electron chi connectivity index (χ2n) is 12.0. The molecule has 2 aliphatic heterocycles. The third-order valence-corrected chi connectivity index (χ3v) is 13.2. The van der Waals surface area contributed by atoms with E-state index in [4.69, 9.17) is 13.9 Å². The molecule has 1 amide bonds. The molecule has 1 fully saturated rings. The predicted molar refractivity (Wildman–Crippen MR) is 152 cm³/mol. The highest BCUT2D eigenvalue weighted by molar-refractivity contribution is 6.74. The predicted octanol–water partition coefficient (Wildman–Crippen LogP) is 5.29. The molecule has 5 atom stereocenters. The lowest BCUT2D eigenvalue weighted by Crippen LogP contribution is -2.60. The zero-order valence-corrected chi connectivity index (χ0v) is 24.5. The van der Waals surface area contributed by atoms with E-state index in [0.29, 0.717) is 17.0 Å². The number of aliphatic hydroxyl groups excluding tert-OH is 1. The van der Waals surface area contributed by atoms with E-state index in [1.54, 1.807) is 25.1 Å². The van der Waals surface area contributed by atoms with Crippen molar-refractivity contribution in [3.63, 3.8) is 0 Å². The van der Waals surface area contributed by atoms with Gasteiger partial charge in [-0.25, -0.2) is 9.59 Å². The molecule has 1 saturated heterocycles. The zero-order valence-electron chi connectivity index (χ0n) is 23.5. The number of amides is 1. The number of hydrogen-bond donors (Lipinski definition) is 2. The molecule has 0 saturated carbocycles. The number of epoxide rings is 1. The van der Waals surface area contributed by atoms with Crippen molar-refractivity contribution >= 4 is 26.1 Å². The fraction of sp³-hybridized carbons (Fsp3) is 0.419. The number of aliphatic hydroxyl groups is 1. The summed E-state index contributed by atoms with van der Waals surface area (Å²) in [5, 5.41) is 21.5. The lowest BCUT2D eigenvalue weighted by Gasteiger charge is -2.45. The quantitative estimate of drug-likeness (QED) is 0.219. The summed E-state index contributed by atoms with van der Waals surface area (Å²) in [5.74, 6) is 9.08. The molecule has 0 spiro atoms. The second-order valence-corrected chi connectivity index (χ2v) is 16.7. The highest BCUT2D eigenvalue weighted by Crippen LogP contribution is 2.74. The van der Waals surface area contributed by atoms with Gasteiger partial charge < -0.3 is 24.1 Å². The Bertz CT molecular complexity index is 1510. The molecule has 4 aliphatic rings. The van der Waals surface area contributed by atoms with Crippen LogP contribution >= 0.6 is 0 Å². The van der Waals surface area contributed by atoms with Crippen LogP contribution in [0, 0.1) is 35.5 Å². The summed E-state index contributed by atoms with van der Waals surface area (Å²) in [7, 11) is -2.26. The molecule has 8 nitrogen and oxygen atoms in total. The summed E-state index contributed by atoms with van der Waals surface area (Å²) in [6.07, 6.45) is 3.87. The van der Waals surface area contributed by atoms with Crippen LogP contribution in [-0.2, 0) is 19.9 Å². The second kappa shape index (κ2) is 9.05. The molecular weight excluding hydrogens is 526 g/mol. The molecule has 0 unspecified atom stereocenters. The Labute approximate surface area is 235 Å². The molecule has 1 aromatic rings. The molecule has 4 bridgehead atoms. The van der Waals surface area contributed by atoms with Crippen molar-refractivity contribution in [2.24, 2.45) is 11.8 Å². The maximum Gasteiger partial charge on any atom is 0.415 e. The first kappa shape index (κ1) is 27.6. The van der Waals surface area contributed by atoms with Gasteiger partial charge in [-0.3, -0.25) is 4.90 Å². The standard InChI is InChI=1S/C31H33NO7Si/c1-8-17-37-28(36)32-23-16-15-20(38-40(6,7)29(3,4)5)18-22(23)31-21-13-11-9-10-12-14-24(32)30(31,39-31)19(2)25(26(21)33)27(34)35/h8-10,15-16,18-19,21,24,33H,1,17H2,2-7H3,(H,34,35)/b10-9-/t19-,21-,24-,30-,31+/m0/s1. The van der Waals surface area contributed by atoms with Crippen LogP contribution in [0.4, 0.5) is 10.5 Å². The number of carboxylic acids is 1. The third kappa shape index (κ3) is 3.65. The summed E-state index contributed by atoms with van der Waals surface area (Å²) >= 11 is 0. The van der Waals surface area contributed by atoms with Crippen molar-refractivity contribution in [3.05, 3.63) is 59.9 Å². The van der Waals surface area contributed by atoms with Crippen LogP contribution in [0.15, 0.2) is 54.3 Å². The smallest absolute Gasteiger partial charge is 0.415 e. The van der Waals surface area contributed by atoms with Gasteiger partial charge in [0.25, 0.3) is 0 Å². The van der Waals surface area contributed by atoms with Crippen LogP contribution in [0.5, 0.6) is 5.75 Å². The van der Waals surface area contributed by atoms with Gasteiger partial charge in [0.05, 0.1) is 11.3 Å². The van der Waals surface area contributed by atoms with Gasteiger partial charge >= 0.3 is 12.1 Å². The average molecular weight is 560 g/mol. The van der Waals surface area contributed by atoms with E-state index in [1.165, 1.54) is 17.1 Å². The third-order valence-electron chi connectivity index (χ3n) is 8.82. The van der Waals surface area contributed by atoms with Crippen LogP contribution in [0.3, 0.4) is 0 Å². The van der Waals surface area contributed by atoms with Gasteiger partial charge in [-0.15, -0.1) is 0 Å². The largest absolute Gasteiger partial charge is 0.543 e. The Morgan fingerprint density at radius 1 is 1.23 bits per heavy atom. The summed E-state index contributed by atoms with van der Waals surface area (Å²) in [4.78, 5) is 27.5. The van der Waals surface area contributed by atoms with E-state index in [9.17, 15) is 19.8 Å². The molecule has 2 aliphatic carbocycles. The number of aliphatic carboxylic acids is 1. The highest BCUT2D eigenvalue weighted by atomic mass is 28.4. The van der Waals surface area contributed by atoms with E-state index in [1.807, 2.05) is 6.07 Å². The molecule has 5 rings (SSSR count). The first-order valence-corrected chi connectivity index (χ1v) is 16.1. The summed E-state index contributed by atoms with van der Waals surface area (Å²) in [6, 6.07) is 4.47. The SMILES string of the molecule is C=CCOC(=O)N1c2ccc(O[Si](C)(C)C(C)(C)C)cc2[C@@]23O[C@@]24[C@@H]1C#C/C=C\C#C[C@H]3C(O)=C(C(=O)O)[C@@H]4C. The average Bonchev–Trinajstić information content (AvgIpc) is 3.58. The minimum absolute atomic E-state index is 0.0268. The summed E-state index contributed by atoms with van der Waals surface area (Å²) in [5.41, 5.74) is -1.77. The number of benzene rings is 1. The summed E-state index contributed by atoms with van der Waals surface area (Å²) < 4.78 is 18.8. The Balaban J connectivity index is 1.81. The van der Waals surface area contributed by atoms with Gasteiger partial charge in [0.1, 0.15) is 41.3 Å². The summed E-state index contributed by atoms with van der Waals surface area (Å²) in [6.45, 7) is 16.0. The lowest BCUT2D eigenvalue weighted by molar-refractivity contribution is -0.134. The number of carbonyl (C=O) groups is 2. The van der Waals surface area contributed by atoms with E-state index >= 15 is 0 Å². The number of carboxylic acid groups (broad SMARTS) is 1. The number of fused-ring (bicyclic) bond motifs is 1. The minimum Gasteiger partial charge on any atom is -0.543 e. The van der Waals surface area contributed by atoms with Crippen molar-refractivity contribution in [2.45, 2.75) is 63.1 Å². The molecule has 0 radical (unpaired) electrons. The number of rotatable bonds is 5. The van der Waals surface area contributed by atoms with E-state index in [0.717, 1.165) is 0 Å². The number of ether oxygens (including phenoxy) is 2. The molecule has 2 N–H and O–H groups in total. The fourth-order valence-electron chi connectivity index (χ4n) is 5.88. The van der Waals surface area contributed by atoms with Gasteiger partial charge in [-0.2, -0.15) is 0 Å². The Hall–Kier alpha value is -3.92. The van der Waals surface area contributed by atoms with Gasteiger partial charge in [0.2, 0.25) is 8.32 Å². The number of hydrogen-bond acceptors (Lipinski definition) is 6. The van der Waals surface area contributed by atoms with Gasteiger partial charge in [-0.1, -0.05) is 64.0 Å². The normalized spacial score (nSPS) is 30.2. The van der Waals surface area contributed by atoms with E-state index in [2.05, 4.69) is 64.1 Å². The van der Waals surface area contributed by atoms with Crippen molar-refractivity contribution in [3.8, 4) is 29.4 Å². The molecule has 2 heterocycles. The van der Waals surface area contributed by atoms with Crippen molar-refractivity contribution in [1.82, 2.24) is 0 Å². The van der Waals surface area contributed by atoms with Crippen LogP contribution in [0.2, 0.25) is 18.1 Å². The van der Waals surface area contributed by atoms with Crippen LogP contribution in [0.25, 0.3) is 0 Å². The van der Waals surface area contributed by atoms with Crippen molar-refractivity contribution < 1.29 is 33.7 Å². The van der Waals surface area contributed by atoms with E-state index in [-0.39, 0.29) is 23.0 Å². The Morgan fingerprint density at radius 3 is 2.52 bits per heavy atom. The van der Waals surface area contributed by atoms with E-state index < -0.39 is 49.5 Å². The minimum atomic E-state index is -2.26. The highest BCUT2D eigenvalue weighted by Gasteiger charge is 2.86. The number of anilines is 1. The van der Waals surface area contributed by atoms with Crippen molar-refractivity contribution in [2.75, 3.05) is 11.5 Å². The van der Waals surface area contributed by atoms with Gasteiger partial charge in [0, 0.05) is 11.5 Å².